The van der Waals surface area contributed by atoms with Crippen molar-refractivity contribution < 1.29 is 4.74 Å². The average Bonchev–Trinajstić information content (AvgIpc) is 2.31. The first-order chi connectivity index (χ1) is 8.58. The van der Waals surface area contributed by atoms with Crippen LogP contribution in [0.2, 0.25) is 0 Å². The van der Waals surface area contributed by atoms with Gasteiger partial charge in [-0.2, -0.15) is 0 Å². The standard InChI is InChI=1S/C17H26O/c1-6-8-13(3)10-17-14(4)11-16(12-15(17)5)18-9-7-2/h6,8,11-13H,7,9-10H2,1-5H3/b8-6-. The highest BCUT2D eigenvalue weighted by atomic mass is 16.5. The van der Waals surface area contributed by atoms with Crippen molar-refractivity contribution >= 4 is 0 Å². The average molecular weight is 246 g/mol. The summed E-state index contributed by atoms with van der Waals surface area (Å²) in [7, 11) is 0. The highest BCUT2D eigenvalue weighted by Gasteiger charge is 2.08. The Balaban J connectivity index is 2.87. The summed E-state index contributed by atoms with van der Waals surface area (Å²) in [6.07, 6.45) is 6.56. The van der Waals surface area contributed by atoms with E-state index >= 15 is 0 Å². The van der Waals surface area contributed by atoms with Gasteiger partial charge in [-0.3, -0.25) is 0 Å². The lowest BCUT2D eigenvalue weighted by molar-refractivity contribution is 0.317. The summed E-state index contributed by atoms with van der Waals surface area (Å²) >= 11 is 0. The number of aryl methyl sites for hydroxylation is 2. The smallest absolute Gasteiger partial charge is 0.119 e. The first-order valence-corrected chi connectivity index (χ1v) is 6.94. The second-order valence-corrected chi connectivity index (χ2v) is 5.09. The predicted octanol–water partition coefficient (Wildman–Crippen LogP) is 4.85. The molecule has 1 aromatic rings. The predicted molar refractivity (Wildman–Crippen MR) is 79.4 cm³/mol. The molecule has 0 fully saturated rings. The summed E-state index contributed by atoms with van der Waals surface area (Å²) in [5, 5.41) is 0. The topological polar surface area (TPSA) is 9.23 Å². The highest BCUT2D eigenvalue weighted by molar-refractivity contribution is 5.41. The molecule has 0 radical (unpaired) electrons. The number of benzene rings is 1. The van der Waals surface area contributed by atoms with Gasteiger partial charge in [0.25, 0.3) is 0 Å². The first-order valence-electron chi connectivity index (χ1n) is 6.94. The monoisotopic (exact) mass is 246 g/mol. The molecule has 18 heavy (non-hydrogen) atoms. The molecule has 1 unspecified atom stereocenters. The van der Waals surface area contributed by atoms with Crippen molar-refractivity contribution in [3.05, 3.63) is 41.0 Å². The molecule has 0 saturated carbocycles. The van der Waals surface area contributed by atoms with Crippen molar-refractivity contribution in [3.63, 3.8) is 0 Å². The van der Waals surface area contributed by atoms with Crippen molar-refractivity contribution in [2.45, 2.75) is 47.5 Å². The molecule has 0 heterocycles. The van der Waals surface area contributed by atoms with E-state index in [1.54, 1.807) is 0 Å². The fraction of sp³-hybridized carbons (Fsp3) is 0.529. The maximum atomic E-state index is 5.71. The third-order valence-electron chi connectivity index (χ3n) is 3.19. The van der Waals surface area contributed by atoms with Crippen LogP contribution >= 0.6 is 0 Å². The van der Waals surface area contributed by atoms with Gasteiger partial charge >= 0.3 is 0 Å². The Kier molecular flexibility index (Phi) is 5.97. The van der Waals surface area contributed by atoms with Gasteiger partial charge in [0.15, 0.2) is 0 Å². The molecule has 1 nitrogen and oxygen atoms in total. The number of ether oxygens (including phenoxy) is 1. The maximum absolute atomic E-state index is 5.71. The molecule has 0 aliphatic heterocycles. The van der Waals surface area contributed by atoms with Crippen LogP contribution in [0.25, 0.3) is 0 Å². The van der Waals surface area contributed by atoms with E-state index in [9.17, 15) is 0 Å². The van der Waals surface area contributed by atoms with Gasteiger partial charge in [-0.1, -0.05) is 26.0 Å². The minimum absolute atomic E-state index is 0.592. The van der Waals surface area contributed by atoms with Crippen molar-refractivity contribution in [3.8, 4) is 5.75 Å². The number of hydrogen-bond donors (Lipinski definition) is 0. The lowest BCUT2D eigenvalue weighted by Gasteiger charge is -2.15. The Morgan fingerprint density at radius 1 is 1.22 bits per heavy atom. The summed E-state index contributed by atoms with van der Waals surface area (Å²) in [6.45, 7) is 11.6. The summed E-state index contributed by atoms with van der Waals surface area (Å²) in [5.41, 5.74) is 4.15. The molecule has 0 aliphatic carbocycles. The zero-order valence-electron chi connectivity index (χ0n) is 12.4. The minimum atomic E-state index is 0.592. The Labute approximate surface area is 112 Å². The van der Waals surface area contributed by atoms with Crippen LogP contribution in [0.1, 0.15) is 43.9 Å². The fourth-order valence-corrected chi connectivity index (χ4v) is 2.30. The molecule has 0 spiro atoms. The number of rotatable bonds is 6. The van der Waals surface area contributed by atoms with Crippen LogP contribution in [0.4, 0.5) is 0 Å². The van der Waals surface area contributed by atoms with E-state index in [0.29, 0.717) is 5.92 Å². The fourth-order valence-electron chi connectivity index (χ4n) is 2.30. The van der Waals surface area contributed by atoms with Gasteiger partial charge in [0.2, 0.25) is 0 Å². The maximum Gasteiger partial charge on any atom is 0.119 e. The molecule has 0 aromatic heterocycles. The van der Waals surface area contributed by atoms with Gasteiger partial charge in [-0.15, -0.1) is 0 Å². The van der Waals surface area contributed by atoms with Crippen LogP contribution in [0.5, 0.6) is 5.75 Å². The molecule has 0 amide bonds. The first kappa shape index (κ1) is 14.8. The van der Waals surface area contributed by atoms with E-state index in [4.69, 9.17) is 4.74 Å². The van der Waals surface area contributed by atoms with E-state index in [2.05, 4.69) is 58.9 Å². The number of allylic oxidation sites excluding steroid dienone is 2. The summed E-state index contributed by atoms with van der Waals surface area (Å²) < 4.78 is 5.71. The molecule has 0 aliphatic rings. The second-order valence-electron chi connectivity index (χ2n) is 5.09. The minimum Gasteiger partial charge on any atom is -0.494 e. The van der Waals surface area contributed by atoms with Crippen LogP contribution in [0.3, 0.4) is 0 Å². The van der Waals surface area contributed by atoms with E-state index in [-0.39, 0.29) is 0 Å². The van der Waals surface area contributed by atoms with Crippen LogP contribution < -0.4 is 4.74 Å². The van der Waals surface area contributed by atoms with Crippen LogP contribution in [0.15, 0.2) is 24.3 Å². The zero-order valence-corrected chi connectivity index (χ0v) is 12.4. The molecule has 1 aromatic carbocycles. The van der Waals surface area contributed by atoms with Crippen molar-refractivity contribution in [2.75, 3.05) is 6.61 Å². The van der Waals surface area contributed by atoms with Crippen molar-refractivity contribution in [1.29, 1.82) is 0 Å². The lowest BCUT2D eigenvalue weighted by Crippen LogP contribution is -2.03. The van der Waals surface area contributed by atoms with Crippen LogP contribution in [-0.4, -0.2) is 6.61 Å². The third-order valence-corrected chi connectivity index (χ3v) is 3.19. The van der Waals surface area contributed by atoms with Gasteiger partial charge in [-0.05, 0) is 68.4 Å². The molecule has 1 rings (SSSR count). The van der Waals surface area contributed by atoms with Crippen LogP contribution in [-0.2, 0) is 6.42 Å². The molecular formula is C17H26O. The molecule has 0 bridgehead atoms. The molecule has 0 saturated heterocycles. The van der Waals surface area contributed by atoms with E-state index in [0.717, 1.165) is 25.2 Å². The van der Waals surface area contributed by atoms with E-state index in [1.807, 2.05) is 0 Å². The van der Waals surface area contributed by atoms with E-state index < -0.39 is 0 Å². The van der Waals surface area contributed by atoms with Gasteiger partial charge in [0.1, 0.15) is 5.75 Å². The molecule has 1 atom stereocenters. The lowest BCUT2D eigenvalue weighted by atomic mass is 9.93. The second kappa shape index (κ2) is 7.25. The van der Waals surface area contributed by atoms with Gasteiger partial charge in [-0.25, -0.2) is 0 Å². The Hall–Kier alpha value is -1.24. The van der Waals surface area contributed by atoms with Crippen LogP contribution in [0, 0.1) is 19.8 Å². The summed E-state index contributed by atoms with van der Waals surface area (Å²) in [4.78, 5) is 0. The zero-order chi connectivity index (χ0) is 13.5. The van der Waals surface area contributed by atoms with E-state index in [1.165, 1.54) is 16.7 Å². The molecule has 1 heteroatoms. The Bertz CT molecular complexity index is 381. The molecule has 0 N–H and O–H groups in total. The molecule has 100 valence electrons. The van der Waals surface area contributed by atoms with Gasteiger partial charge < -0.3 is 4.74 Å². The van der Waals surface area contributed by atoms with Gasteiger partial charge in [0, 0.05) is 0 Å². The third kappa shape index (κ3) is 4.21. The Morgan fingerprint density at radius 3 is 2.33 bits per heavy atom. The summed E-state index contributed by atoms with van der Waals surface area (Å²) in [5.74, 6) is 1.60. The highest BCUT2D eigenvalue weighted by Crippen LogP contribution is 2.24. The number of hydrogen-bond acceptors (Lipinski definition) is 1. The quantitative estimate of drug-likeness (QED) is 0.652. The van der Waals surface area contributed by atoms with Crippen molar-refractivity contribution in [2.24, 2.45) is 5.92 Å². The summed E-state index contributed by atoms with van der Waals surface area (Å²) in [6, 6.07) is 4.33. The molecular weight excluding hydrogens is 220 g/mol. The normalized spacial score (nSPS) is 12.9. The SMILES string of the molecule is C/C=C\C(C)Cc1c(C)cc(OCCC)cc1C. The van der Waals surface area contributed by atoms with Gasteiger partial charge in [0.05, 0.1) is 6.61 Å². The van der Waals surface area contributed by atoms with Crippen molar-refractivity contribution in [1.82, 2.24) is 0 Å². The largest absolute Gasteiger partial charge is 0.494 e. The Morgan fingerprint density at radius 2 is 1.83 bits per heavy atom.